The molecule has 0 aliphatic carbocycles. The molecule has 1 aliphatic heterocycles. The lowest BCUT2D eigenvalue weighted by Crippen LogP contribution is -2.48. The molecular formula is C30H45FN4O5S. The SMILES string of the molecule is CCCN1CCCCOc2cc(F)cc(c2)C[C@@H]([C@H](O)CNCc2cncc(CC)c2)NCC(=O)CCCS1(=O)=O. The van der Waals surface area contributed by atoms with Gasteiger partial charge in [-0.25, -0.2) is 17.1 Å². The van der Waals surface area contributed by atoms with Crippen molar-refractivity contribution in [1.29, 1.82) is 0 Å². The molecule has 11 heteroatoms. The van der Waals surface area contributed by atoms with Crippen molar-refractivity contribution in [3.63, 3.8) is 0 Å². The van der Waals surface area contributed by atoms with Crippen molar-refractivity contribution in [2.45, 2.75) is 77.5 Å². The summed E-state index contributed by atoms with van der Waals surface area (Å²) in [7, 11) is -3.48. The predicted octanol–water partition coefficient (Wildman–Crippen LogP) is 3.00. The van der Waals surface area contributed by atoms with E-state index >= 15 is 0 Å². The molecule has 0 radical (unpaired) electrons. The van der Waals surface area contributed by atoms with Crippen molar-refractivity contribution < 1.29 is 27.4 Å². The summed E-state index contributed by atoms with van der Waals surface area (Å²) in [6.45, 7) is 5.88. The van der Waals surface area contributed by atoms with E-state index in [4.69, 9.17) is 4.74 Å². The number of benzene rings is 1. The molecule has 3 N–H and O–H groups in total. The highest BCUT2D eigenvalue weighted by Gasteiger charge is 2.23. The standard InChI is InChI=1S/C30H45FN4O5S/c1-3-9-35-10-5-6-11-40-28-15-24(14-26(31)17-28)16-29(34-21-27(36)8-7-12-41(35,38)39)30(37)22-33-20-25-13-23(4-2)18-32-19-25/h13-15,17-19,29-30,33-34,37H,3-12,16,20-22H2,1-2H3/t29-,30+/m0/s1. The number of nitrogens with one attached hydrogen (secondary N) is 2. The molecule has 0 amide bonds. The van der Waals surface area contributed by atoms with Crippen LogP contribution in [0.25, 0.3) is 0 Å². The number of hydrogen-bond donors (Lipinski definition) is 3. The first-order valence-electron chi connectivity index (χ1n) is 14.7. The van der Waals surface area contributed by atoms with Crippen molar-refractivity contribution in [3.05, 3.63) is 59.2 Å². The minimum Gasteiger partial charge on any atom is -0.493 e. The molecule has 0 spiro atoms. The van der Waals surface area contributed by atoms with Crippen LogP contribution in [0.15, 0.2) is 36.7 Å². The molecule has 2 heterocycles. The van der Waals surface area contributed by atoms with Crippen LogP contribution in [-0.4, -0.2) is 79.3 Å². The monoisotopic (exact) mass is 592 g/mol. The zero-order valence-corrected chi connectivity index (χ0v) is 25.1. The van der Waals surface area contributed by atoms with Crippen molar-refractivity contribution in [2.75, 3.05) is 38.5 Å². The van der Waals surface area contributed by atoms with Crippen LogP contribution in [0.3, 0.4) is 0 Å². The molecule has 0 fully saturated rings. The molecule has 41 heavy (non-hydrogen) atoms. The number of aryl methyl sites for hydroxylation is 1. The lowest BCUT2D eigenvalue weighted by Gasteiger charge is -2.25. The number of Topliss-reactive ketones (excluding diaryl/α,β-unsaturated/α-hetero) is 1. The van der Waals surface area contributed by atoms with Gasteiger partial charge < -0.3 is 20.5 Å². The highest BCUT2D eigenvalue weighted by molar-refractivity contribution is 7.89. The Morgan fingerprint density at radius 3 is 2.76 bits per heavy atom. The Morgan fingerprint density at radius 1 is 1.17 bits per heavy atom. The van der Waals surface area contributed by atoms with Crippen LogP contribution in [0, 0.1) is 5.82 Å². The zero-order valence-electron chi connectivity index (χ0n) is 24.3. The number of rotatable bonds is 8. The van der Waals surface area contributed by atoms with Gasteiger partial charge in [-0.1, -0.05) is 19.9 Å². The van der Waals surface area contributed by atoms with Crippen molar-refractivity contribution in [1.82, 2.24) is 19.9 Å². The maximum atomic E-state index is 14.5. The van der Waals surface area contributed by atoms with Gasteiger partial charge in [0.15, 0.2) is 0 Å². The van der Waals surface area contributed by atoms with Crippen LogP contribution in [-0.2, 0) is 34.2 Å². The molecule has 0 saturated carbocycles. The summed E-state index contributed by atoms with van der Waals surface area (Å²) >= 11 is 0. The molecule has 0 saturated heterocycles. The van der Waals surface area contributed by atoms with E-state index in [1.54, 1.807) is 12.3 Å². The van der Waals surface area contributed by atoms with Crippen molar-refractivity contribution in [2.24, 2.45) is 0 Å². The van der Waals surface area contributed by atoms with Crippen LogP contribution in [0.1, 0.15) is 62.6 Å². The van der Waals surface area contributed by atoms with Gasteiger partial charge in [-0.15, -0.1) is 0 Å². The van der Waals surface area contributed by atoms with Crippen LogP contribution in [0.5, 0.6) is 5.75 Å². The minimum absolute atomic E-state index is 0.0262. The van der Waals surface area contributed by atoms with E-state index < -0.39 is 28.0 Å². The van der Waals surface area contributed by atoms with E-state index in [1.807, 2.05) is 13.1 Å². The predicted molar refractivity (Wildman–Crippen MR) is 158 cm³/mol. The van der Waals surface area contributed by atoms with Gasteiger partial charge in [-0.05, 0) is 67.3 Å². The van der Waals surface area contributed by atoms with Gasteiger partial charge in [-0.3, -0.25) is 9.78 Å². The Kier molecular flexibility index (Phi) is 13.6. The average molecular weight is 593 g/mol. The molecule has 2 atom stereocenters. The molecule has 228 valence electrons. The normalized spacial score (nSPS) is 20.5. The van der Waals surface area contributed by atoms with Crippen LogP contribution >= 0.6 is 0 Å². The number of aliphatic hydroxyl groups is 1. The summed E-state index contributed by atoms with van der Waals surface area (Å²) in [4.78, 5) is 17.0. The third kappa shape index (κ3) is 11.4. The van der Waals surface area contributed by atoms with Gasteiger partial charge in [0.05, 0.1) is 25.0 Å². The number of ether oxygens (including phenoxy) is 1. The summed E-state index contributed by atoms with van der Waals surface area (Å²) < 4.78 is 47.6. The Balaban J connectivity index is 1.72. The smallest absolute Gasteiger partial charge is 0.214 e. The number of carbonyl (C=O) groups is 1. The lowest BCUT2D eigenvalue weighted by atomic mass is 10.00. The second-order valence-electron chi connectivity index (χ2n) is 10.7. The van der Waals surface area contributed by atoms with Crippen LogP contribution in [0.2, 0.25) is 0 Å². The van der Waals surface area contributed by atoms with E-state index in [0.29, 0.717) is 56.8 Å². The highest BCUT2D eigenvalue weighted by Crippen LogP contribution is 2.19. The summed E-state index contributed by atoms with van der Waals surface area (Å²) in [6, 6.07) is 5.99. The Bertz CT molecular complexity index is 1210. The topological polar surface area (TPSA) is 121 Å². The Hall–Kier alpha value is -2.44. The molecule has 3 rings (SSSR count). The fourth-order valence-corrected chi connectivity index (χ4v) is 6.53. The van der Waals surface area contributed by atoms with Crippen molar-refractivity contribution >= 4 is 15.8 Å². The number of aromatic nitrogens is 1. The average Bonchev–Trinajstić information content (AvgIpc) is 2.93. The van der Waals surface area contributed by atoms with Gasteiger partial charge in [0.1, 0.15) is 17.3 Å². The van der Waals surface area contributed by atoms with E-state index in [-0.39, 0.29) is 43.9 Å². The first-order chi connectivity index (χ1) is 19.7. The van der Waals surface area contributed by atoms with Crippen LogP contribution < -0.4 is 15.4 Å². The minimum atomic E-state index is -3.48. The zero-order chi connectivity index (χ0) is 29.7. The molecule has 0 unspecified atom stereocenters. The fraction of sp³-hybridized carbons (Fsp3) is 0.600. The first kappa shape index (κ1) is 33.1. The summed E-state index contributed by atoms with van der Waals surface area (Å²) in [5, 5.41) is 17.5. The maximum absolute atomic E-state index is 14.5. The number of pyridine rings is 1. The van der Waals surface area contributed by atoms with Gasteiger partial charge >= 0.3 is 0 Å². The number of sulfonamides is 1. The summed E-state index contributed by atoms with van der Waals surface area (Å²) in [5.41, 5.74) is 2.78. The number of aliphatic hydroxyl groups excluding tert-OH is 1. The quantitative estimate of drug-likeness (QED) is 0.428. The second kappa shape index (κ2) is 16.9. The molecule has 2 bridgehead atoms. The molecule has 1 aliphatic rings. The molecule has 1 aromatic carbocycles. The maximum Gasteiger partial charge on any atom is 0.214 e. The van der Waals surface area contributed by atoms with Gasteiger partial charge in [0, 0.05) is 57.1 Å². The third-order valence-corrected chi connectivity index (χ3v) is 9.11. The van der Waals surface area contributed by atoms with E-state index in [1.165, 1.54) is 16.4 Å². The molecule has 2 aromatic rings. The molecule has 9 nitrogen and oxygen atoms in total. The number of nitrogens with zero attached hydrogens (tertiary/aromatic N) is 2. The molecular weight excluding hydrogens is 547 g/mol. The van der Waals surface area contributed by atoms with E-state index in [0.717, 1.165) is 17.5 Å². The van der Waals surface area contributed by atoms with Gasteiger partial charge in [0.25, 0.3) is 0 Å². The van der Waals surface area contributed by atoms with Gasteiger partial charge in [-0.2, -0.15) is 0 Å². The number of hydrogen-bond acceptors (Lipinski definition) is 8. The van der Waals surface area contributed by atoms with Gasteiger partial charge in [0.2, 0.25) is 10.0 Å². The summed E-state index contributed by atoms with van der Waals surface area (Å²) in [6.07, 6.45) is 6.16. The van der Waals surface area contributed by atoms with Crippen LogP contribution in [0.4, 0.5) is 4.39 Å². The summed E-state index contributed by atoms with van der Waals surface area (Å²) in [5.74, 6) is -0.287. The first-order valence-corrected chi connectivity index (χ1v) is 16.3. The molecule has 1 aromatic heterocycles. The van der Waals surface area contributed by atoms with E-state index in [2.05, 4.69) is 28.6 Å². The lowest BCUT2D eigenvalue weighted by molar-refractivity contribution is -0.118. The van der Waals surface area contributed by atoms with E-state index in [9.17, 15) is 22.7 Å². The Morgan fingerprint density at radius 2 is 1.98 bits per heavy atom. The Labute approximate surface area is 243 Å². The number of halogens is 1. The second-order valence-corrected chi connectivity index (χ2v) is 12.7. The van der Waals surface area contributed by atoms with Crippen molar-refractivity contribution in [3.8, 4) is 5.75 Å². The fourth-order valence-electron chi connectivity index (χ4n) is 4.89. The third-order valence-electron chi connectivity index (χ3n) is 7.15. The number of carbonyl (C=O) groups excluding carboxylic acids is 1. The highest BCUT2D eigenvalue weighted by atomic mass is 32.2. The number of ketones is 1. The number of fused-ring (bicyclic) bond motifs is 2. The largest absolute Gasteiger partial charge is 0.493 e.